The highest BCUT2D eigenvalue weighted by atomic mass is 15.2. The molecule has 0 aromatic heterocycles. The Morgan fingerprint density at radius 1 is 0.243 bits per heavy atom. The molecule has 0 aliphatic heterocycles. The largest absolute Gasteiger partial charge is 0.337 e. The maximum Gasteiger partial charge on any atom is 0.0490 e. The normalized spacial score (nSPS) is 11.1. The van der Waals surface area contributed by atoms with Crippen molar-refractivity contribution in [2.24, 2.45) is 0 Å². The zero-order valence-electron chi connectivity index (χ0n) is 41.1. The third kappa shape index (κ3) is 9.39. The lowest BCUT2D eigenvalue weighted by atomic mass is 9.93. The van der Waals surface area contributed by atoms with E-state index in [0.717, 1.165) is 57.0 Å². The quantitative estimate of drug-likeness (QED) is 0.114. The lowest BCUT2D eigenvalue weighted by Crippen LogP contribution is -2.18. The third-order valence-electron chi connectivity index (χ3n) is 13.8. The highest BCUT2D eigenvalue weighted by molar-refractivity contribution is 5.86. The number of para-hydroxylation sites is 5. The topological polar surface area (TPSA) is 9.72 Å². The summed E-state index contributed by atoms with van der Waals surface area (Å²) in [5, 5.41) is 0. The Balaban J connectivity index is 1.07. The van der Waals surface area contributed by atoms with Crippen molar-refractivity contribution >= 4 is 45.5 Å². The number of benzene rings is 10. The lowest BCUT2D eigenvalue weighted by Gasteiger charge is -2.28. The minimum atomic E-state index is 0.777. The van der Waals surface area contributed by atoms with E-state index in [4.69, 9.17) is 0 Å². The average molecular weight is 906 g/mol. The molecule has 0 saturated carbocycles. The molecule has 0 spiro atoms. The Bertz CT molecular complexity index is 3170. The molecule has 0 amide bonds. The Morgan fingerprint density at radius 3 is 0.829 bits per heavy atom. The second-order valence-electron chi connectivity index (χ2n) is 18.6. The van der Waals surface area contributed by atoms with Crippen LogP contribution in [0.4, 0.5) is 45.5 Å². The van der Waals surface area contributed by atoms with E-state index in [2.05, 4.69) is 293 Å². The highest BCUT2D eigenvalue weighted by Gasteiger charge is 2.20. The van der Waals surface area contributed by atoms with Gasteiger partial charge in [-0.1, -0.05) is 152 Å². The van der Waals surface area contributed by atoms with Gasteiger partial charge in [-0.25, -0.2) is 0 Å². The Labute approximate surface area is 415 Å². The van der Waals surface area contributed by atoms with Crippen LogP contribution in [0, 0.1) is 41.5 Å². The fraction of sp³-hybridized carbons (Fsp3) is 0.104. The molecule has 0 heterocycles. The van der Waals surface area contributed by atoms with Crippen molar-refractivity contribution in [1.29, 1.82) is 0 Å². The van der Waals surface area contributed by atoms with E-state index in [1.807, 2.05) is 0 Å². The zero-order chi connectivity index (χ0) is 48.1. The molecule has 0 saturated heterocycles. The molecule has 3 heteroatoms. The van der Waals surface area contributed by atoms with E-state index < -0.39 is 0 Å². The predicted molar refractivity (Wildman–Crippen MR) is 299 cm³/mol. The summed E-state index contributed by atoms with van der Waals surface area (Å²) in [7, 11) is 0. The van der Waals surface area contributed by atoms with Crippen LogP contribution >= 0.6 is 0 Å². The van der Waals surface area contributed by atoms with Gasteiger partial charge in [-0.15, -0.1) is 0 Å². The van der Waals surface area contributed by atoms with Gasteiger partial charge in [0.15, 0.2) is 0 Å². The molecular formula is C67H59N3. The van der Waals surface area contributed by atoms with Crippen LogP contribution in [0.1, 0.15) is 38.9 Å². The summed E-state index contributed by atoms with van der Waals surface area (Å²) in [6, 6.07) is 86.4. The summed E-state index contributed by atoms with van der Waals surface area (Å²) in [6.07, 6.45) is 0. The van der Waals surface area contributed by atoms with E-state index in [9.17, 15) is 0 Å². The minimum absolute atomic E-state index is 0.777. The van der Waals surface area contributed by atoms with Crippen LogP contribution in [0.25, 0.3) is 33.4 Å². The molecule has 0 bridgehead atoms. The molecule has 70 heavy (non-hydrogen) atoms. The van der Waals surface area contributed by atoms with Gasteiger partial charge in [-0.3, -0.25) is 0 Å². The number of anilines is 8. The monoisotopic (exact) mass is 905 g/mol. The van der Waals surface area contributed by atoms with Gasteiger partial charge >= 0.3 is 0 Å². The number of nitrogens with zero attached hydrogens (tertiary/aromatic N) is 3. The van der Waals surface area contributed by atoms with Crippen molar-refractivity contribution in [3.05, 3.63) is 276 Å². The Kier molecular flexibility index (Phi) is 13.0. The first-order valence-corrected chi connectivity index (χ1v) is 24.4. The van der Waals surface area contributed by atoms with Crippen molar-refractivity contribution in [1.82, 2.24) is 0 Å². The number of hydrogen-bond acceptors (Lipinski definition) is 3. The van der Waals surface area contributed by atoms with E-state index in [-0.39, 0.29) is 0 Å². The van der Waals surface area contributed by atoms with E-state index in [1.165, 1.54) is 67.4 Å². The molecule has 10 aromatic rings. The van der Waals surface area contributed by atoms with Gasteiger partial charge in [0.2, 0.25) is 0 Å². The van der Waals surface area contributed by atoms with Gasteiger partial charge in [-0.2, -0.15) is 0 Å². The number of aryl methyl sites for hydroxylation is 6. The first kappa shape index (κ1) is 45.4. The maximum atomic E-state index is 2.45. The molecule has 0 N–H and O–H groups in total. The Hall–Kier alpha value is -8.40. The van der Waals surface area contributed by atoms with Crippen molar-refractivity contribution in [3.63, 3.8) is 0 Å². The van der Waals surface area contributed by atoms with E-state index in [1.54, 1.807) is 0 Å². The summed E-state index contributed by atoms with van der Waals surface area (Å²) in [5.41, 5.74) is 25.0. The molecule has 0 radical (unpaired) electrons. The van der Waals surface area contributed by atoms with Gasteiger partial charge in [0, 0.05) is 52.0 Å². The van der Waals surface area contributed by atoms with Gasteiger partial charge in [0.1, 0.15) is 0 Å². The number of rotatable bonds is 13. The SMILES string of the molecule is Cc1ccccc1CN(c1ccc(-c2cc(-c3ccc(N(c4ccccc4C)c4ccccc4C)cc3)cc(-c3ccc(N(c4ccccc4C)c4ccccc4C)cc3)c2)cc1)c1ccccc1C. The smallest absolute Gasteiger partial charge is 0.0490 e. The second-order valence-corrected chi connectivity index (χ2v) is 18.6. The van der Waals surface area contributed by atoms with Crippen LogP contribution in [0.3, 0.4) is 0 Å². The summed E-state index contributed by atoms with van der Waals surface area (Å²) in [5.74, 6) is 0. The standard InChI is InChI=1S/C67H59N3/c1-47-19-7-13-25-56(47)46-68(63-26-14-8-20-48(63)2)60-37-31-53(32-38-60)57-43-58(54-33-39-61(40-34-54)69(64-27-15-9-21-49(64)3)65-28-16-10-22-50(65)4)45-59(44-57)55-35-41-62(42-36-55)70(66-29-17-11-23-51(66)5)67-30-18-12-24-52(67)6/h7-45H,46H2,1-6H3. The van der Waals surface area contributed by atoms with Crippen LogP contribution < -0.4 is 14.7 Å². The summed E-state index contributed by atoms with van der Waals surface area (Å²) < 4.78 is 0. The summed E-state index contributed by atoms with van der Waals surface area (Å²) in [4.78, 5) is 7.21. The third-order valence-corrected chi connectivity index (χ3v) is 13.8. The molecule has 3 nitrogen and oxygen atoms in total. The predicted octanol–water partition coefficient (Wildman–Crippen LogP) is 18.8. The molecule has 10 rings (SSSR count). The second kappa shape index (κ2) is 20.1. The van der Waals surface area contributed by atoms with Crippen molar-refractivity contribution in [2.75, 3.05) is 14.7 Å². The van der Waals surface area contributed by atoms with Crippen molar-refractivity contribution in [2.45, 2.75) is 48.1 Å². The Morgan fingerprint density at radius 2 is 0.514 bits per heavy atom. The molecular weight excluding hydrogens is 847 g/mol. The summed E-state index contributed by atoms with van der Waals surface area (Å²) in [6.45, 7) is 13.9. The van der Waals surface area contributed by atoms with Crippen LogP contribution in [0.15, 0.2) is 237 Å². The van der Waals surface area contributed by atoms with Crippen LogP contribution in [0.2, 0.25) is 0 Å². The zero-order valence-corrected chi connectivity index (χ0v) is 41.1. The molecule has 0 unspecified atom stereocenters. The fourth-order valence-corrected chi connectivity index (χ4v) is 9.78. The maximum absolute atomic E-state index is 2.45. The first-order valence-electron chi connectivity index (χ1n) is 24.4. The van der Waals surface area contributed by atoms with E-state index in [0.29, 0.717) is 0 Å². The first-order chi connectivity index (χ1) is 34.2. The van der Waals surface area contributed by atoms with Gasteiger partial charge in [0.05, 0.1) is 0 Å². The van der Waals surface area contributed by atoms with Crippen molar-refractivity contribution in [3.8, 4) is 33.4 Å². The van der Waals surface area contributed by atoms with Crippen LogP contribution in [0.5, 0.6) is 0 Å². The van der Waals surface area contributed by atoms with Crippen molar-refractivity contribution < 1.29 is 0 Å². The van der Waals surface area contributed by atoms with E-state index >= 15 is 0 Å². The summed E-state index contributed by atoms with van der Waals surface area (Å²) >= 11 is 0. The average Bonchev–Trinajstić information content (AvgIpc) is 3.39. The van der Waals surface area contributed by atoms with Gasteiger partial charge in [0.25, 0.3) is 0 Å². The molecule has 0 fully saturated rings. The molecule has 342 valence electrons. The van der Waals surface area contributed by atoms with Gasteiger partial charge in [-0.05, 0) is 199 Å². The van der Waals surface area contributed by atoms with Gasteiger partial charge < -0.3 is 14.7 Å². The molecule has 0 atom stereocenters. The fourth-order valence-electron chi connectivity index (χ4n) is 9.78. The molecule has 0 aliphatic rings. The minimum Gasteiger partial charge on any atom is -0.337 e. The number of hydrogen-bond donors (Lipinski definition) is 0. The van der Waals surface area contributed by atoms with Crippen LogP contribution in [-0.2, 0) is 6.54 Å². The molecule has 0 aliphatic carbocycles. The lowest BCUT2D eigenvalue weighted by molar-refractivity contribution is 0.958. The van der Waals surface area contributed by atoms with Crippen LogP contribution in [-0.4, -0.2) is 0 Å². The molecule has 10 aromatic carbocycles. The highest BCUT2D eigenvalue weighted by Crippen LogP contribution is 2.42.